The van der Waals surface area contributed by atoms with Crippen molar-refractivity contribution in [2.24, 2.45) is 0 Å². The summed E-state index contributed by atoms with van der Waals surface area (Å²) in [5.74, 6) is 1.56. The molecule has 3 rings (SSSR count). The molecule has 1 saturated carbocycles. The zero-order valence-corrected chi connectivity index (χ0v) is 13.7. The molecule has 1 aliphatic heterocycles. The van der Waals surface area contributed by atoms with E-state index in [0.717, 1.165) is 12.2 Å². The maximum atomic E-state index is 6.32. The highest BCUT2D eigenvalue weighted by Gasteiger charge is 2.42. The van der Waals surface area contributed by atoms with Crippen molar-refractivity contribution in [3.05, 3.63) is 29.3 Å². The van der Waals surface area contributed by atoms with Gasteiger partial charge in [-0.05, 0) is 55.7 Å². The van der Waals surface area contributed by atoms with Crippen molar-refractivity contribution in [1.29, 1.82) is 0 Å². The summed E-state index contributed by atoms with van der Waals surface area (Å²) in [4.78, 5) is 0. The van der Waals surface area contributed by atoms with Crippen LogP contribution in [0.15, 0.2) is 18.2 Å². The average molecular weight is 288 g/mol. The Morgan fingerprint density at radius 1 is 1.24 bits per heavy atom. The molecule has 2 aliphatic rings. The van der Waals surface area contributed by atoms with Gasteiger partial charge in [0.1, 0.15) is 12.4 Å². The van der Waals surface area contributed by atoms with Crippen LogP contribution >= 0.6 is 0 Å². The Hall–Kier alpha value is -1.02. The van der Waals surface area contributed by atoms with E-state index in [1.807, 2.05) is 0 Å². The second-order valence-electron chi connectivity index (χ2n) is 7.16. The van der Waals surface area contributed by atoms with Crippen LogP contribution in [0.2, 0.25) is 0 Å². The molecule has 2 fully saturated rings. The van der Waals surface area contributed by atoms with Crippen LogP contribution in [-0.4, -0.2) is 18.3 Å². The third kappa shape index (κ3) is 3.26. The zero-order valence-electron chi connectivity index (χ0n) is 13.7. The number of benzene rings is 1. The molecule has 0 bridgehead atoms. The fourth-order valence-electron chi connectivity index (χ4n) is 3.71. The number of hydrogen-bond donors (Lipinski definition) is 0. The van der Waals surface area contributed by atoms with E-state index < -0.39 is 0 Å². The van der Waals surface area contributed by atoms with Gasteiger partial charge in [0.15, 0.2) is 0 Å². The predicted octanol–water partition coefficient (Wildman–Crippen LogP) is 4.99. The smallest absolute Gasteiger partial charge is 0.122 e. The first-order valence-electron chi connectivity index (χ1n) is 8.49. The molecule has 0 radical (unpaired) electrons. The largest absolute Gasteiger partial charge is 0.491 e. The van der Waals surface area contributed by atoms with Gasteiger partial charge in [0.2, 0.25) is 0 Å². The first kappa shape index (κ1) is 14.9. The Morgan fingerprint density at radius 3 is 2.71 bits per heavy atom. The van der Waals surface area contributed by atoms with E-state index in [2.05, 4.69) is 39.0 Å². The minimum atomic E-state index is 0.211. The predicted molar refractivity (Wildman–Crippen MR) is 86.1 cm³/mol. The summed E-state index contributed by atoms with van der Waals surface area (Å²) < 4.78 is 12.4. The second kappa shape index (κ2) is 6.00. The first-order valence-corrected chi connectivity index (χ1v) is 8.49. The lowest BCUT2D eigenvalue weighted by molar-refractivity contribution is -0.0509. The fourth-order valence-corrected chi connectivity index (χ4v) is 3.71. The summed E-state index contributed by atoms with van der Waals surface area (Å²) >= 11 is 0. The molecule has 1 unspecified atom stereocenters. The highest BCUT2D eigenvalue weighted by Crippen LogP contribution is 2.43. The van der Waals surface area contributed by atoms with Crippen LogP contribution in [0, 0.1) is 6.92 Å². The Labute approximate surface area is 128 Å². The number of hydrogen-bond acceptors (Lipinski definition) is 2. The number of aryl methyl sites for hydroxylation is 1. The molecule has 0 amide bonds. The first-order chi connectivity index (χ1) is 10.1. The van der Waals surface area contributed by atoms with E-state index >= 15 is 0 Å². The van der Waals surface area contributed by atoms with Gasteiger partial charge >= 0.3 is 0 Å². The van der Waals surface area contributed by atoms with Crippen LogP contribution in [0.1, 0.15) is 69.4 Å². The van der Waals surface area contributed by atoms with E-state index in [0.29, 0.717) is 12.5 Å². The Morgan fingerprint density at radius 2 is 2.00 bits per heavy atom. The molecular weight excluding hydrogens is 260 g/mol. The van der Waals surface area contributed by atoms with E-state index in [-0.39, 0.29) is 11.7 Å². The van der Waals surface area contributed by atoms with Crippen LogP contribution in [0.5, 0.6) is 5.75 Å². The Bertz CT molecular complexity index is 486. The van der Waals surface area contributed by atoms with Crippen molar-refractivity contribution in [2.75, 3.05) is 6.61 Å². The lowest BCUT2D eigenvalue weighted by Crippen LogP contribution is -2.27. The summed E-state index contributed by atoms with van der Waals surface area (Å²) in [5, 5.41) is 0. The normalized spacial score (nSPS) is 24.1. The van der Waals surface area contributed by atoms with E-state index in [1.54, 1.807) is 0 Å². The summed E-state index contributed by atoms with van der Waals surface area (Å²) in [7, 11) is 0. The third-order valence-electron chi connectivity index (χ3n) is 5.16. The number of rotatable bonds is 4. The van der Waals surface area contributed by atoms with E-state index in [1.165, 1.54) is 43.2 Å². The van der Waals surface area contributed by atoms with Gasteiger partial charge in [-0.15, -0.1) is 0 Å². The van der Waals surface area contributed by atoms with Gasteiger partial charge in [-0.3, -0.25) is 0 Å². The van der Waals surface area contributed by atoms with Gasteiger partial charge < -0.3 is 9.47 Å². The average Bonchev–Trinajstić information content (AvgIpc) is 3.08. The van der Waals surface area contributed by atoms with Crippen molar-refractivity contribution >= 4 is 0 Å². The van der Waals surface area contributed by atoms with Crippen molar-refractivity contribution in [3.63, 3.8) is 0 Å². The zero-order chi connectivity index (χ0) is 14.9. The maximum Gasteiger partial charge on any atom is 0.122 e. The molecule has 1 heterocycles. The molecular formula is C19H28O2. The molecule has 1 aliphatic carbocycles. The van der Waals surface area contributed by atoms with Crippen LogP contribution in [0.3, 0.4) is 0 Å². The minimum Gasteiger partial charge on any atom is -0.491 e. The second-order valence-corrected chi connectivity index (χ2v) is 7.16. The molecule has 116 valence electrons. The van der Waals surface area contributed by atoms with Crippen LogP contribution in [-0.2, 0) is 4.74 Å². The summed E-state index contributed by atoms with van der Waals surface area (Å²) in [6.45, 7) is 7.26. The van der Waals surface area contributed by atoms with E-state index in [9.17, 15) is 0 Å². The van der Waals surface area contributed by atoms with Crippen LogP contribution in [0.4, 0.5) is 0 Å². The molecule has 1 saturated heterocycles. The highest BCUT2D eigenvalue weighted by molar-refractivity contribution is 5.37. The highest BCUT2D eigenvalue weighted by atomic mass is 16.6. The lowest BCUT2D eigenvalue weighted by Gasteiger charge is -2.24. The molecule has 1 spiro atoms. The molecule has 1 aromatic rings. The maximum absolute atomic E-state index is 6.32. The molecule has 2 nitrogen and oxygen atoms in total. The van der Waals surface area contributed by atoms with Gasteiger partial charge in [0.05, 0.1) is 11.7 Å². The van der Waals surface area contributed by atoms with E-state index in [4.69, 9.17) is 9.47 Å². The van der Waals surface area contributed by atoms with Crippen molar-refractivity contribution in [1.82, 2.24) is 0 Å². The third-order valence-corrected chi connectivity index (χ3v) is 5.16. The Kier molecular flexibility index (Phi) is 4.26. The van der Waals surface area contributed by atoms with Gasteiger partial charge in [0.25, 0.3) is 0 Å². The summed E-state index contributed by atoms with van der Waals surface area (Å²) in [5.41, 5.74) is 2.77. The molecule has 0 aromatic heterocycles. The molecule has 21 heavy (non-hydrogen) atoms. The molecule has 1 atom stereocenters. The van der Waals surface area contributed by atoms with Crippen LogP contribution < -0.4 is 4.74 Å². The van der Waals surface area contributed by atoms with Crippen LogP contribution in [0.25, 0.3) is 0 Å². The van der Waals surface area contributed by atoms with Crippen molar-refractivity contribution in [2.45, 2.75) is 76.9 Å². The monoisotopic (exact) mass is 288 g/mol. The summed E-state index contributed by atoms with van der Waals surface area (Å²) in [6.07, 6.45) is 7.85. The lowest BCUT2D eigenvalue weighted by atomic mass is 9.98. The fraction of sp³-hybridized carbons (Fsp3) is 0.684. The topological polar surface area (TPSA) is 18.5 Å². The molecule has 2 heteroatoms. The molecule has 1 aromatic carbocycles. The standard InChI is InChI=1S/C19H28O2/c1-14(2)16-7-6-15(3)18(12-16)20-13-17-8-11-19(21-17)9-4-5-10-19/h6-7,12,14,17H,4-5,8-11,13H2,1-3H3. The SMILES string of the molecule is Cc1ccc(C(C)C)cc1OCC1CCC2(CCCC2)O1. The summed E-state index contributed by atoms with van der Waals surface area (Å²) in [6, 6.07) is 6.56. The van der Waals surface area contributed by atoms with Gasteiger partial charge in [-0.25, -0.2) is 0 Å². The van der Waals surface area contributed by atoms with Gasteiger partial charge in [-0.1, -0.05) is 38.8 Å². The van der Waals surface area contributed by atoms with Gasteiger partial charge in [-0.2, -0.15) is 0 Å². The van der Waals surface area contributed by atoms with Gasteiger partial charge in [0, 0.05) is 0 Å². The van der Waals surface area contributed by atoms with Crippen molar-refractivity contribution in [3.8, 4) is 5.75 Å². The Balaban J connectivity index is 1.59. The molecule has 0 N–H and O–H groups in total. The van der Waals surface area contributed by atoms with Crippen molar-refractivity contribution < 1.29 is 9.47 Å². The quantitative estimate of drug-likeness (QED) is 0.777. The minimum absolute atomic E-state index is 0.211. The number of ether oxygens (including phenoxy) is 2.